The van der Waals surface area contributed by atoms with Crippen molar-refractivity contribution in [3.8, 4) is 22.5 Å². The minimum absolute atomic E-state index is 0.0831. The van der Waals surface area contributed by atoms with E-state index in [4.69, 9.17) is 10.00 Å². The van der Waals surface area contributed by atoms with Gasteiger partial charge in [-0.3, -0.25) is 0 Å². The minimum Gasteiger partial charge on any atom is -0.434 e. The number of rotatable bonds is 3. The van der Waals surface area contributed by atoms with E-state index in [1.165, 1.54) is 18.2 Å². The predicted octanol–water partition coefficient (Wildman–Crippen LogP) is 4.12. The number of nitrogens with zero attached hydrogens (tertiary/aromatic N) is 2. The first kappa shape index (κ1) is 15.4. The number of halogens is 2. The van der Waals surface area contributed by atoms with E-state index in [0.29, 0.717) is 15.0 Å². The molecule has 0 N–H and O–H groups in total. The van der Waals surface area contributed by atoms with Gasteiger partial charge in [0.25, 0.3) is 5.19 Å². The number of benzene rings is 1. The molecular formula is C13H8BrFN2O3S. The molecule has 1 aromatic heterocycles. The van der Waals surface area contributed by atoms with Gasteiger partial charge >= 0.3 is 6.16 Å². The van der Waals surface area contributed by atoms with Crippen molar-refractivity contribution in [3.63, 3.8) is 0 Å². The molecule has 2 aromatic rings. The lowest BCUT2D eigenvalue weighted by Crippen LogP contribution is -2.09. The van der Waals surface area contributed by atoms with Gasteiger partial charge in [0.05, 0.1) is 17.9 Å². The summed E-state index contributed by atoms with van der Waals surface area (Å²) < 4.78 is 23.5. The van der Waals surface area contributed by atoms with E-state index in [-0.39, 0.29) is 17.4 Å². The second-order valence-corrected chi connectivity index (χ2v) is 5.97. The molecule has 5 nitrogen and oxygen atoms in total. The number of carbonyl (C=O) groups excluding carboxylic acids is 1. The fourth-order valence-corrected chi connectivity index (χ4v) is 2.87. The molecule has 0 radical (unpaired) electrons. The molecule has 2 rings (SSSR count). The molecule has 0 aliphatic rings. The lowest BCUT2D eigenvalue weighted by atomic mass is 10.1. The van der Waals surface area contributed by atoms with Gasteiger partial charge in [-0.15, -0.1) is 0 Å². The zero-order valence-corrected chi connectivity index (χ0v) is 13.1. The summed E-state index contributed by atoms with van der Waals surface area (Å²) in [6.45, 7) is 1.86. The number of ether oxygens (including phenoxy) is 2. The molecule has 0 aliphatic heterocycles. The number of thiazole rings is 1. The van der Waals surface area contributed by atoms with Crippen molar-refractivity contribution < 1.29 is 18.7 Å². The molecule has 1 aromatic carbocycles. The molecule has 1 heterocycles. The molecule has 8 heteroatoms. The molecule has 0 spiro atoms. The third-order valence-corrected chi connectivity index (χ3v) is 3.94. The van der Waals surface area contributed by atoms with Crippen LogP contribution in [-0.2, 0) is 4.74 Å². The zero-order valence-electron chi connectivity index (χ0n) is 10.7. The first-order valence-corrected chi connectivity index (χ1v) is 7.37. The highest BCUT2D eigenvalue weighted by Gasteiger charge is 2.16. The topological polar surface area (TPSA) is 72.2 Å². The maximum absolute atomic E-state index is 13.3. The summed E-state index contributed by atoms with van der Waals surface area (Å²) in [6, 6.07) is 5.82. The first-order chi connectivity index (χ1) is 10.0. The van der Waals surface area contributed by atoms with Gasteiger partial charge in [0, 0.05) is 5.56 Å². The van der Waals surface area contributed by atoms with Gasteiger partial charge in [-0.1, -0.05) is 11.3 Å². The van der Waals surface area contributed by atoms with Crippen LogP contribution in [0.1, 0.15) is 12.5 Å². The van der Waals surface area contributed by atoms with E-state index in [2.05, 4.69) is 25.7 Å². The van der Waals surface area contributed by atoms with Crippen molar-refractivity contribution in [1.29, 1.82) is 5.26 Å². The third kappa shape index (κ3) is 3.56. The van der Waals surface area contributed by atoms with Gasteiger partial charge in [-0.2, -0.15) is 5.26 Å². The zero-order chi connectivity index (χ0) is 15.4. The van der Waals surface area contributed by atoms with E-state index in [1.54, 1.807) is 13.0 Å². The van der Waals surface area contributed by atoms with Crippen LogP contribution in [0.2, 0.25) is 0 Å². The van der Waals surface area contributed by atoms with Crippen LogP contribution in [0.4, 0.5) is 9.18 Å². The lowest BCUT2D eigenvalue weighted by molar-refractivity contribution is 0.104. The van der Waals surface area contributed by atoms with Crippen molar-refractivity contribution in [3.05, 3.63) is 33.4 Å². The fourth-order valence-electron chi connectivity index (χ4n) is 1.48. The van der Waals surface area contributed by atoms with E-state index < -0.39 is 12.0 Å². The third-order valence-electron chi connectivity index (χ3n) is 2.36. The van der Waals surface area contributed by atoms with Crippen LogP contribution in [0, 0.1) is 17.1 Å². The standard InChI is InChI=1S/C13H8BrFN2O3S/c1-2-19-13(18)20-12-17-10(11(14)21-12)7-3-4-9(15)8(5-7)6-16/h3-5H,2H2,1H3. The second-order valence-electron chi connectivity index (χ2n) is 3.69. The average molecular weight is 371 g/mol. The highest BCUT2D eigenvalue weighted by Crippen LogP contribution is 2.37. The van der Waals surface area contributed by atoms with Crippen LogP contribution >= 0.6 is 27.3 Å². The number of carbonyl (C=O) groups is 1. The monoisotopic (exact) mass is 370 g/mol. The molecular weight excluding hydrogens is 363 g/mol. The lowest BCUT2D eigenvalue weighted by Gasteiger charge is -2.00. The Labute approximate surface area is 132 Å². The van der Waals surface area contributed by atoms with E-state index in [9.17, 15) is 9.18 Å². The quantitative estimate of drug-likeness (QED) is 0.759. The maximum atomic E-state index is 13.3. The normalized spacial score (nSPS) is 10.0. The van der Waals surface area contributed by atoms with E-state index in [0.717, 1.165) is 11.3 Å². The smallest absolute Gasteiger partial charge is 0.434 e. The molecule has 0 fully saturated rings. The first-order valence-electron chi connectivity index (χ1n) is 5.76. The SMILES string of the molecule is CCOC(=O)Oc1nc(-c2ccc(F)c(C#N)c2)c(Br)s1. The Hall–Kier alpha value is -1.98. The Bertz CT molecular complexity index is 727. The van der Waals surface area contributed by atoms with E-state index >= 15 is 0 Å². The summed E-state index contributed by atoms with van der Waals surface area (Å²) in [4.78, 5) is 15.4. The van der Waals surface area contributed by atoms with Crippen LogP contribution in [0.3, 0.4) is 0 Å². The average Bonchev–Trinajstić information content (AvgIpc) is 2.80. The summed E-state index contributed by atoms with van der Waals surface area (Å²) in [5.74, 6) is -0.601. The molecule has 0 atom stereocenters. The minimum atomic E-state index is -0.845. The maximum Gasteiger partial charge on any atom is 0.515 e. The van der Waals surface area contributed by atoms with Gasteiger partial charge < -0.3 is 9.47 Å². The molecule has 0 amide bonds. The Morgan fingerprint density at radius 1 is 1.57 bits per heavy atom. The van der Waals surface area contributed by atoms with Crippen LogP contribution in [0.5, 0.6) is 5.19 Å². The van der Waals surface area contributed by atoms with Gasteiger partial charge in [0.2, 0.25) is 0 Å². The Morgan fingerprint density at radius 2 is 2.33 bits per heavy atom. The Balaban J connectivity index is 2.31. The van der Waals surface area contributed by atoms with Crippen LogP contribution in [-0.4, -0.2) is 17.7 Å². The van der Waals surface area contributed by atoms with Crippen LogP contribution < -0.4 is 4.74 Å². The summed E-state index contributed by atoms with van der Waals surface area (Å²) in [5.41, 5.74) is 0.908. The highest BCUT2D eigenvalue weighted by molar-refractivity contribution is 9.11. The fraction of sp³-hybridized carbons (Fsp3) is 0.154. The molecule has 21 heavy (non-hydrogen) atoms. The van der Waals surface area contributed by atoms with Gasteiger partial charge in [0.1, 0.15) is 15.7 Å². The van der Waals surface area contributed by atoms with Gasteiger partial charge in [-0.25, -0.2) is 14.2 Å². The summed E-state index contributed by atoms with van der Waals surface area (Å²) in [5, 5.41) is 8.93. The molecule has 0 saturated heterocycles. The highest BCUT2D eigenvalue weighted by atomic mass is 79.9. The summed E-state index contributed by atoms with van der Waals surface area (Å²) in [6.07, 6.45) is -0.845. The second kappa shape index (κ2) is 6.65. The van der Waals surface area contributed by atoms with Crippen LogP contribution in [0.15, 0.2) is 22.0 Å². The van der Waals surface area contributed by atoms with Crippen molar-refractivity contribution in [2.24, 2.45) is 0 Å². The molecule has 0 unspecified atom stereocenters. The van der Waals surface area contributed by atoms with Crippen molar-refractivity contribution in [2.45, 2.75) is 6.92 Å². The van der Waals surface area contributed by atoms with Gasteiger partial charge in [0.15, 0.2) is 0 Å². The largest absolute Gasteiger partial charge is 0.515 e. The number of hydrogen-bond donors (Lipinski definition) is 0. The molecule has 0 bridgehead atoms. The summed E-state index contributed by atoms with van der Waals surface area (Å²) >= 11 is 4.38. The van der Waals surface area contributed by atoms with Crippen molar-refractivity contribution in [2.75, 3.05) is 6.61 Å². The molecule has 108 valence electrons. The predicted molar refractivity (Wildman–Crippen MR) is 77.6 cm³/mol. The summed E-state index contributed by atoms with van der Waals surface area (Å²) in [7, 11) is 0. The number of nitriles is 1. The molecule has 0 aliphatic carbocycles. The Kier molecular flexibility index (Phi) is 4.88. The van der Waals surface area contributed by atoms with Crippen LogP contribution in [0.25, 0.3) is 11.3 Å². The van der Waals surface area contributed by atoms with Crippen molar-refractivity contribution >= 4 is 33.4 Å². The molecule has 0 saturated carbocycles. The Morgan fingerprint density at radius 3 is 3.00 bits per heavy atom. The number of hydrogen-bond acceptors (Lipinski definition) is 6. The number of aromatic nitrogens is 1. The van der Waals surface area contributed by atoms with Gasteiger partial charge in [-0.05, 0) is 41.1 Å². The van der Waals surface area contributed by atoms with Crippen molar-refractivity contribution in [1.82, 2.24) is 4.98 Å². The van der Waals surface area contributed by atoms with E-state index in [1.807, 2.05) is 0 Å².